The normalized spacial score (nSPS) is 22.7. The molecule has 1 unspecified atom stereocenters. The predicted octanol–water partition coefficient (Wildman–Crippen LogP) is 3.09. The molecule has 0 radical (unpaired) electrons. The van der Waals surface area contributed by atoms with Crippen molar-refractivity contribution in [3.05, 3.63) is 0 Å². The smallest absolute Gasteiger partial charge is 0.311 e. The number of hydrogen-bond acceptors (Lipinski definition) is 3. The molecule has 0 saturated carbocycles. The summed E-state index contributed by atoms with van der Waals surface area (Å²) in [5.41, 5.74) is -4.03. The monoisotopic (exact) mass is 284 g/mol. The van der Waals surface area contributed by atoms with Gasteiger partial charge in [-0.1, -0.05) is 0 Å². The molecular formula is C12H23F3N2S. The van der Waals surface area contributed by atoms with Gasteiger partial charge >= 0.3 is 5.51 Å². The van der Waals surface area contributed by atoms with E-state index >= 15 is 0 Å². The van der Waals surface area contributed by atoms with Crippen LogP contribution >= 0.6 is 11.8 Å². The van der Waals surface area contributed by atoms with Crippen LogP contribution in [0.25, 0.3) is 0 Å². The Labute approximate surface area is 112 Å². The van der Waals surface area contributed by atoms with Gasteiger partial charge in [-0.15, -0.1) is 0 Å². The van der Waals surface area contributed by atoms with Crippen LogP contribution in [0, 0.1) is 0 Å². The number of rotatable bonds is 5. The Balaban J connectivity index is 2.27. The molecule has 0 aromatic rings. The zero-order valence-corrected chi connectivity index (χ0v) is 12.1. The van der Waals surface area contributed by atoms with E-state index in [1.165, 1.54) is 0 Å². The maximum absolute atomic E-state index is 12.1. The molecule has 0 amide bonds. The number of halogens is 3. The van der Waals surface area contributed by atoms with Crippen molar-refractivity contribution in [3.63, 3.8) is 0 Å². The van der Waals surface area contributed by atoms with E-state index in [-0.39, 0.29) is 23.1 Å². The number of hydrogen-bond donors (Lipinski definition) is 1. The number of nitrogens with zero attached hydrogens (tertiary/aromatic N) is 1. The van der Waals surface area contributed by atoms with Gasteiger partial charge in [-0.25, -0.2) is 0 Å². The summed E-state index contributed by atoms with van der Waals surface area (Å²) in [4.78, 5) is 2.18. The molecule has 1 atom stereocenters. The molecule has 2 nitrogen and oxygen atoms in total. The lowest BCUT2D eigenvalue weighted by Gasteiger charge is -2.29. The Hall–Kier alpha value is 0.0600. The summed E-state index contributed by atoms with van der Waals surface area (Å²) in [6.07, 6.45) is 2.17. The highest BCUT2D eigenvalue weighted by atomic mass is 32.2. The summed E-state index contributed by atoms with van der Waals surface area (Å²) in [7, 11) is 0. The molecule has 0 spiro atoms. The predicted molar refractivity (Wildman–Crippen MR) is 70.9 cm³/mol. The van der Waals surface area contributed by atoms with Gasteiger partial charge in [-0.2, -0.15) is 13.2 Å². The maximum atomic E-state index is 12.1. The third-order valence-corrected chi connectivity index (χ3v) is 3.73. The van der Waals surface area contributed by atoms with E-state index in [1.807, 2.05) is 0 Å². The molecule has 0 aromatic carbocycles. The van der Waals surface area contributed by atoms with Gasteiger partial charge in [0.1, 0.15) is 0 Å². The zero-order valence-electron chi connectivity index (χ0n) is 11.3. The van der Waals surface area contributed by atoms with E-state index in [4.69, 9.17) is 0 Å². The van der Waals surface area contributed by atoms with Gasteiger partial charge in [0, 0.05) is 30.4 Å². The second-order valence-electron chi connectivity index (χ2n) is 5.76. The molecule has 0 aromatic heterocycles. The Morgan fingerprint density at radius 2 is 1.94 bits per heavy atom. The number of likely N-dealkylation sites (tertiary alicyclic amines) is 1. The van der Waals surface area contributed by atoms with Crippen LogP contribution in [-0.2, 0) is 0 Å². The topological polar surface area (TPSA) is 15.3 Å². The summed E-state index contributed by atoms with van der Waals surface area (Å²) in [5.74, 6) is 0.134. The SMILES string of the molecule is CC(C)(C)NCC1CCCN1CCSC(F)(F)F. The van der Waals surface area contributed by atoms with Crippen LogP contribution in [0.3, 0.4) is 0 Å². The van der Waals surface area contributed by atoms with Gasteiger partial charge in [-0.3, -0.25) is 4.90 Å². The molecule has 1 fully saturated rings. The highest BCUT2D eigenvalue weighted by Gasteiger charge is 2.30. The molecule has 1 rings (SSSR count). The van der Waals surface area contributed by atoms with Gasteiger partial charge in [0.25, 0.3) is 0 Å². The molecule has 108 valence electrons. The Bertz CT molecular complexity index is 251. The third kappa shape index (κ3) is 6.85. The first-order valence-electron chi connectivity index (χ1n) is 6.37. The largest absolute Gasteiger partial charge is 0.441 e. The molecule has 0 aliphatic carbocycles. The van der Waals surface area contributed by atoms with Crippen molar-refractivity contribution < 1.29 is 13.2 Å². The average molecular weight is 284 g/mol. The van der Waals surface area contributed by atoms with Gasteiger partial charge < -0.3 is 5.32 Å². The standard InChI is InChI=1S/C12H23F3N2S/c1-11(2,3)16-9-10-5-4-6-17(10)7-8-18-12(13,14)15/h10,16H,4-9H2,1-3H3. The molecular weight excluding hydrogens is 261 g/mol. The van der Waals surface area contributed by atoms with E-state index < -0.39 is 5.51 Å². The van der Waals surface area contributed by atoms with Crippen molar-refractivity contribution in [2.75, 3.05) is 25.4 Å². The molecule has 0 bridgehead atoms. The van der Waals surface area contributed by atoms with Crippen molar-refractivity contribution in [3.8, 4) is 0 Å². The van der Waals surface area contributed by atoms with Crippen molar-refractivity contribution in [1.82, 2.24) is 10.2 Å². The van der Waals surface area contributed by atoms with Gasteiger partial charge in [0.2, 0.25) is 0 Å². The van der Waals surface area contributed by atoms with Gasteiger partial charge in [-0.05, 0) is 51.9 Å². The van der Waals surface area contributed by atoms with Crippen molar-refractivity contribution in [1.29, 1.82) is 0 Å². The molecule has 1 aliphatic rings. The second-order valence-corrected chi connectivity index (χ2v) is 6.92. The fourth-order valence-electron chi connectivity index (χ4n) is 2.12. The van der Waals surface area contributed by atoms with Crippen LogP contribution in [0.15, 0.2) is 0 Å². The molecule has 1 saturated heterocycles. The lowest BCUT2D eigenvalue weighted by Crippen LogP contribution is -2.45. The van der Waals surface area contributed by atoms with Crippen molar-refractivity contribution in [2.24, 2.45) is 0 Å². The third-order valence-electron chi connectivity index (χ3n) is 3.01. The van der Waals surface area contributed by atoms with Gasteiger partial charge in [0.15, 0.2) is 0 Å². The lowest BCUT2D eigenvalue weighted by molar-refractivity contribution is -0.0328. The number of nitrogens with one attached hydrogen (secondary N) is 1. The van der Waals surface area contributed by atoms with E-state index in [1.54, 1.807) is 0 Å². The van der Waals surface area contributed by atoms with E-state index in [9.17, 15) is 13.2 Å². The fourth-order valence-corrected chi connectivity index (χ4v) is 2.68. The number of alkyl halides is 3. The minimum atomic E-state index is -4.10. The lowest BCUT2D eigenvalue weighted by atomic mass is 10.1. The Morgan fingerprint density at radius 3 is 2.50 bits per heavy atom. The molecule has 1 aliphatic heterocycles. The molecule has 18 heavy (non-hydrogen) atoms. The van der Waals surface area contributed by atoms with Crippen LogP contribution in [-0.4, -0.2) is 47.4 Å². The Kier molecular flexibility index (Phi) is 5.80. The summed E-state index contributed by atoms with van der Waals surface area (Å²) < 4.78 is 36.2. The van der Waals surface area contributed by atoms with Crippen LogP contribution < -0.4 is 5.32 Å². The quantitative estimate of drug-likeness (QED) is 0.835. The zero-order chi connectivity index (χ0) is 13.8. The average Bonchev–Trinajstić information content (AvgIpc) is 2.59. The number of thioether (sulfide) groups is 1. The second kappa shape index (κ2) is 6.48. The highest BCUT2D eigenvalue weighted by molar-refractivity contribution is 8.00. The summed E-state index contributed by atoms with van der Waals surface area (Å²) >= 11 is 0.0840. The van der Waals surface area contributed by atoms with Crippen LogP contribution in [0.2, 0.25) is 0 Å². The van der Waals surface area contributed by atoms with E-state index in [2.05, 4.69) is 31.0 Å². The van der Waals surface area contributed by atoms with E-state index in [0.29, 0.717) is 12.6 Å². The van der Waals surface area contributed by atoms with Crippen LogP contribution in [0.4, 0.5) is 13.2 Å². The molecule has 1 N–H and O–H groups in total. The summed E-state index contributed by atoms with van der Waals surface area (Å²) in [5, 5.41) is 3.43. The van der Waals surface area contributed by atoms with E-state index in [0.717, 1.165) is 25.9 Å². The van der Waals surface area contributed by atoms with Crippen molar-refractivity contribution >= 4 is 11.8 Å². The molecule has 1 heterocycles. The maximum Gasteiger partial charge on any atom is 0.441 e. The Morgan fingerprint density at radius 1 is 1.28 bits per heavy atom. The summed E-state index contributed by atoms with van der Waals surface area (Å²) in [6.45, 7) is 8.62. The van der Waals surface area contributed by atoms with Crippen LogP contribution in [0.1, 0.15) is 33.6 Å². The minimum Gasteiger partial charge on any atom is -0.311 e. The first-order chi connectivity index (χ1) is 8.17. The highest BCUT2D eigenvalue weighted by Crippen LogP contribution is 2.30. The first kappa shape index (κ1) is 16.1. The fraction of sp³-hybridized carbons (Fsp3) is 1.00. The van der Waals surface area contributed by atoms with Crippen LogP contribution in [0.5, 0.6) is 0 Å². The van der Waals surface area contributed by atoms with Gasteiger partial charge in [0.05, 0.1) is 0 Å². The van der Waals surface area contributed by atoms with Crippen molar-refractivity contribution in [2.45, 2.75) is 50.7 Å². The minimum absolute atomic E-state index is 0.0645. The first-order valence-corrected chi connectivity index (χ1v) is 7.36. The summed E-state index contributed by atoms with van der Waals surface area (Å²) in [6, 6.07) is 0.387. The molecule has 6 heteroatoms.